The summed E-state index contributed by atoms with van der Waals surface area (Å²) in [4.78, 5) is 34.1. The molecule has 0 aliphatic carbocycles. The van der Waals surface area contributed by atoms with Gasteiger partial charge in [0.2, 0.25) is 0 Å². The van der Waals surface area contributed by atoms with Gasteiger partial charge in [-0.2, -0.15) is 26.3 Å². The molecule has 2 atom stereocenters. The van der Waals surface area contributed by atoms with E-state index in [9.17, 15) is 35.9 Å². The second-order valence-corrected chi connectivity index (χ2v) is 14.5. The topological polar surface area (TPSA) is 107 Å². The number of carboxylic acid groups (broad SMARTS) is 1. The molecule has 4 aromatic carbocycles. The number of nitrogens with zero attached hydrogens (tertiary/aromatic N) is 2. The minimum Gasteiger partial charge on any atom is -0.478 e. The van der Waals surface area contributed by atoms with Gasteiger partial charge in [0, 0.05) is 34.0 Å². The normalized spacial score (nSPS) is 19.2. The Morgan fingerprint density at radius 3 is 1.50 bits per heavy atom. The highest BCUT2D eigenvalue weighted by Crippen LogP contribution is 2.41. The van der Waals surface area contributed by atoms with Crippen LogP contribution in [0.5, 0.6) is 0 Å². The summed E-state index contributed by atoms with van der Waals surface area (Å²) in [6.45, 7) is 8.84. The van der Waals surface area contributed by atoms with Gasteiger partial charge in [0.15, 0.2) is 11.2 Å². The highest BCUT2D eigenvalue weighted by molar-refractivity contribution is 6.31. The fraction of sp³-hybridized carbons (Fsp3) is 0.300. The van der Waals surface area contributed by atoms with Crippen molar-refractivity contribution in [3.63, 3.8) is 0 Å². The summed E-state index contributed by atoms with van der Waals surface area (Å²) in [7, 11) is 0. The van der Waals surface area contributed by atoms with Crippen LogP contribution in [0.2, 0.25) is 10.0 Å². The zero-order valence-electron chi connectivity index (χ0n) is 30.5. The molecular weight excluding hydrogens is 789 g/mol. The lowest BCUT2D eigenvalue weighted by Gasteiger charge is -2.22. The molecule has 56 heavy (non-hydrogen) atoms. The van der Waals surface area contributed by atoms with Gasteiger partial charge in [0.1, 0.15) is 0 Å². The fourth-order valence-electron chi connectivity index (χ4n) is 6.27. The number of aryl methyl sites for hydroxylation is 2. The molecule has 2 aliphatic heterocycles. The summed E-state index contributed by atoms with van der Waals surface area (Å²) in [5, 5.41) is 18.0. The second kappa shape index (κ2) is 15.8. The number of carbonyl (C=O) groups excluding carboxylic acids is 1. The van der Waals surface area contributed by atoms with Gasteiger partial charge >= 0.3 is 24.3 Å². The summed E-state index contributed by atoms with van der Waals surface area (Å²) in [6.07, 6.45) is -9.04. The summed E-state index contributed by atoms with van der Waals surface area (Å²) in [5.74, 6) is -2.66. The number of esters is 1. The van der Waals surface area contributed by atoms with Crippen molar-refractivity contribution in [3.8, 4) is 0 Å². The van der Waals surface area contributed by atoms with Crippen molar-refractivity contribution in [2.24, 2.45) is 10.3 Å². The standard InChI is InChI=1S/C21H19ClF3NO3.C19H15ClF3NO3/c1-4-28-19(27)16-6-5-13(9-17(16)21(23,24)25)18-11-20(3,29-26-18)14-7-12(2)8-15(22)10-14;1-10-5-12(8-13(20)6-10)18(2)9-16(24-27-18)11-3-4-14(17(25)26)15(7-11)19(21,22)23/h5-10H,4,11H2,1-3H3;3-8H,9H2,1-2H3,(H,25,26). The molecule has 16 heteroatoms. The molecule has 4 aromatic rings. The summed E-state index contributed by atoms with van der Waals surface area (Å²) in [6, 6.07) is 17.3. The molecule has 296 valence electrons. The molecule has 2 unspecified atom stereocenters. The van der Waals surface area contributed by atoms with Crippen LogP contribution < -0.4 is 0 Å². The van der Waals surface area contributed by atoms with Gasteiger partial charge in [-0.05, 0) is 105 Å². The molecule has 2 heterocycles. The van der Waals surface area contributed by atoms with E-state index in [1.54, 1.807) is 38.1 Å². The molecule has 0 radical (unpaired) electrons. The Hall–Kier alpha value is -5.08. The maximum absolute atomic E-state index is 13.5. The van der Waals surface area contributed by atoms with Crippen molar-refractivity contribution < 1.29 is 55.5 Å². The molecule has 0 spiro atoms. The van der Waals surface area contributed by atoms with E-state index in [1.807, 2.05) is 26.0 Å². The molecular formula is C40H34Cl2F6N2O6. The van der Waals surface area contributed by atoms with Crippen LogP contribution in [0.4, 0.5) is 26.3 Å². The summed E-state index contributed by atoms with van der Waals surface area (Å²) in [5.41, 5.74) is -0.931. The van der Waals surface area contributed by atoms with Gasteiger partial charge < -0.3 is 19.5 Å². The molecule has 0 amide bonds. The van der Waals surface area contributed by atoms with E-state index in [0.717, 1.165) is 46.5 Å². The van der Waals surface area contributed by atoms with Crippen LogP contribution in [0.15, 0.2) is 83.1 Å². The zero-order chi connectivity index (χ0) is 41.4. The van der Waals surface area contributed by atoms with Crippen LogP contribution in [0.3, 0.4) is 0 Å². The lowest BCUT2D eigenvalue weighted by molar-refractivity contribution is -0.138. The minimum atomic E-state index is -4.79. The van der Waals surface area contributed by atoms with Crippen LogP contribution in [-0.2, 0) is 38.0 Å². The van der Waals surface area contributed by atoms with E-state index in [-0.39, 0.29) is 30.6 Å². The van der Waals surface area contributed by atoms with Crippen LogP contribution in [-0.4, -0.2) is 35.1 Å². The van der Waals surface area contributed by atoms with Crippen molar-refractivity contribution in [2.75, 3.05) is 6.61 Å². The molecule has 8 nitrogen and oxygen atoms in total. The third kappa shape index (κ3) is 9.30. The zero-order valence-corrected chi connectivity index (χ0v) is 32.0. The first-order chi connectivity index (χ1) is 26.0. The van der Waals surface area contributed by atoms with Crippen molar-refractivity contribution >= 4 is 46.6 Å². The number of rotatable bonds is 7. The van der Waals surface area contributed by atoms with Crippen LogP contribution in [0.25, 0.3) is 0 Å². The lowest BCUT2D eigenvalue weighted by atomic mass is 9.87. The van der Waals surface area contributed by atoms with E-state index >= 15 is 0 Å². The van der Waals surface area contributed by atoms with Crippen molar-refractivity contribution in [3.05, 3.63) is 138 Å². The summed E-state index contributed by atoms with van der Waals surface area (Å²) < 4.78 is 85.0. The van der Waals surface area contributed by atoms with Gasteiger partial charge in [0.05, 0.1) is 40.3 Å². The number of carbonyl (C=O) groups is 2. The first-order valence-electron chi connectivity index (χ1n) is 16.9. The van der Waals surface area contributed by atoms with Crippen molar-refractivity contribution in [1.82, 2.24) is 0 Å². The van der Waals surface area contributed by atoms with Gasteiger partial charge in [-0.3, -0.25) is 0 Å². The first-order valence-corrected chi connectivity index (χ1v) is 17.7. The minimum absolute atomic E-state index is 0.0180. The predicted octanol–water partition coefficient (Wildman–Crippen LogP) is 11.3. The quantitative estimate of drug-likeness (QED) is 0.147. The van der Waals surface area contributed by atoms with E-state index in [4.69, 9.17) is 42.7 Å². The monoisotopic (exact) mass is 822 g/mol. The number of benzene rings is 4. The number of alkyl halides is 6. The van der Waals surface area contributed by atoms with Crippen LogP contribution in [0.1, 0.15) is 98.8 Å². The average Bonchev–Trinajstić information content (AvgIpc) is 3.71. The smallest absolute Gasteiger partial charge is 0.417 e. The fourth-order valence-corrected chi connectivity index (χ4v) is 6.85. The van der Waals surface area contributed by atoms with Gasteiger partial charge in [0.25, 0.3) is 0 Å². The average molecular weight is 824 g/mol. The van der Waals surface area contributed by atoms with E-state index in [0.29, 0.717) is 21.5 Å². The number of ether oxygens (including phenoxy) is 1. The highest BCUT2D eigenvalue weighted by atomic mass is 35.5. The third-order valence-corrected chi connectivity index (χ3v) is 9.51. The Morgan fingerprint density at radius 2 is 1.12 bits per heavy atom. The second-order valence-electron chi connectivity index (χ2n) is 13.7. The molecule has 2 aliphatic rings. The Bertz CT molecular complexity index is 2220. The molecule has 0 bridgehead atoms. The highest BCUT2D eigenvalue weighted by Gasteiger charge is 2.41. The Kier molecular flexibility index (Phi) is 11.9. The summed E-state index contributed by atoms with van der Waals surface area (Å²) >= 11 is 12.2. The number of aromatic carboxylic acids is 1. The van der Waals surface area contributed by atoms with Crippen molar-refractivity contribution in [2.45, 2.75) is 71.0 Å². The largest absolute Gasteiger partial charge is 0.478 e. The number of halogens is 8. The first kappa shape index (κ1) is 42.1. The third-order valence-electron chi connectivity index (χ3n) is 9.07. The molecule has 1 N–H and O–H groups in total. The molecule has 0 saturated carbocycles. The Morgan fingerprint density at radius 1 is 0.714 bits per heavy atom. The van der Waals surface area contributed by atoms with Crippen molar-refractivity contribution in [1.29, 1.82) is 0 Å². The Labute approximate surface area is 327 Å². The number of hydrogen-bond acceptors (Lipinski definition) is 7. The van der Waals surface area contributed by atoms with Gasteiger partial charge in [-0.1, -0.05) is 57.8 Å². The van der Waals surface area contributed by atoms with E-state index in [1.165, 1.54) is 19.1 Å². The maximum atomic E-state index is 13.5. The molecule has 6 rings (SSSR count). The lowest BCUT2D eigenvalue weighted by Crippen LogP contribution is -2.22. The maximum Gasteiger partial charge on any atom is 0.417 e. The Balaban J connectivity index is 0.000000215. The van der Waals surface area contributed by atoms with Crippen LogP contribution >= 0.6 is 23.2 Å². The van der Waals surface area contributed by atoms with E-state index < -0.39 is 57.7 Å². The van der Waals surface area contributed by atoms with E-state index in [2.05, 4.69) is 10.3 Å². The molecule has 0 aromatic heterocycles. The number of hydrogen-bond donors (Lipinski definition) is 1. The molecule has 0 fully saturated rings. The predicted molar refractivity (Wildman–Crippen MR) is 197 cm³/mol. The SMILES string of the molecule is CCOC(=O)c1ccc(C2=NOC(C)(c3cc(C)cc(Cl)c3)C2)cc1C(F)(F)F.Cc1cc(Cl)cc(C2(C)CC(c3ccc(C(=O)O)c(C(F)(F)F)c3)=NO2)c1. The number of carboxylic acids is 1. The van der Waals surface area contributed by atoms with Crippen LogP contribution in [0, 0.1) is 13.8 Å². The number of oxime groups is 2. The molecule has 0 saturated heterocycles. The van der Waals surface area contributed by atoms with Gasteiger partial charge in [-0.15, -0.1) is 0 Å². The van der Waals surface area contributed by atoms with Gasteiger partial charge in [-0.25, -0.2) is 9.59 Å².